The predicted octanol–water partition coefficient (Wildman–Crippen LogP) is 6.53. The molecule has 2 atom stereocenters. The maximum absolute atomic E-state index is 16.9. The number of terminal acetylenes is 1. The molecule has 0 amide bonds. The number of piperazine rings is 1. The number of hydrogen-bond acceptors (Lipinski definition) is 7. The zero-order chi connectivity index (χ0) is 32.6. The fourth-order valence-electron chi connectivity index (χ4n) is 8.14. The highest BCUT2D eigenvalue weighted by atomic mass is 19.1. The second kappa shape index (κ2) is 11.1. The Morgan fingerprint density at radius 1 is 0.979 bits per heavy atom. The molecule has 4 aromatic carbocycles. The van der Waals surface area contributed by atoms with Crippen LogP contribution >= 0.6 is 0 Å². The van der Waals surface area contributed by atoms with E-state index in [2.05, 4.69) is 50.3 Å². The number of halogens is 2. The van der Waals surface area contributed by atoms with Gasteiger partial charge in [-0.1, -0.05) is 42.3 Å². The summed E-state index contributed by atoms with van der Waals surface area (Å²) in [7, 11) is 0. The number of rotatable bonds is 7. The number of nitrogens with one attached hydrogen (secondary N) is 1. The number of aromatic nitrogens is 2. The minimum atomic E-state index is -0.841. The van der Waals surface area contributed by atoms with Crippen molar-refractivity contribution < 1.29 is 18.6 Å². The highest BCUT2D eigenvalue weighted by molar-refractivity contribution is 6.04. The molecule has 3 fully saturated rings. The molecule has 9 heteroatoms. The van der Waals surface area contributed by atoms with E-state index in [1.165, 1.54) is 29.3 Å². The number of nitrogens with zero attached hydrogens (tertiary/aromatic N) is 4. The molecule has 0 radical (unpaired) electrons. The Morgan fingerprint density at radius 3 is 2.44 bits per heavy atom. The molecule has 1 aliphatic carbocycles. The number of fused-ring (bicyclic) bond motifs is 5. The number of hydrogen-bond donors (Lipinski definition) is 2. The summed E-state index contributed by atoms with van der Waals surface area (Å²) >= 11 is 0. The molecule has 1 aromatic heterocycles. The van der Waals surface area contributed by atoms with Crippen molar-refractivity contribution in [1.29, 1.82) is 0 Å². The molecule has 4 aliphatic rings. The first-order chi connectivity index (χ1) is 23.4. The third-order valence-electron chi connectivity index (χ3n) is 10.7. The molecular weight excluding hydrogens is 608 g/mol. The summed E-state index contributed by atoms with van der Waals surface area (Å²) in [4.78, 5) is 14.0. The number of benzene rings is 4. The Balaban J connectivity index is 1.12. The van der Waals surface area contributed by atoms with Crippen LogP contribution in [-0.4, -0.2) is 58.3 Å². The predicted molar refractivity (Wildman–Crippen MR) is 182 cm³/mol. The van der Waals surface area contributed by atoms with Crippen LogP contribution in [0.25, 0.3) is 32.8 Å². The zero-order valence-corrected chi connectivity index (χ0v) is 26.5. The van der Waals surface area contributed by atoms with Gasteiger partial charge in [-0.25, -0.2) is 8.78 Å². The molecule has 2 bridgehead atoms. The van der Waals surface area contributed by atoms with Gasteiger partial charge in [0.2, 0.25) is 0 Å². The van der Waals surface area contributed by atoms with Crippen molar-refractivity contribution in [3.8, 4) is 35.2 Å². The summed E-state index contributed by atoms with van der Waals surface area (Å²) in [5, 5.41) is 15.6. The van der Waals surface area contributed by atoms with Gasteiger partial charge >= 0.3 is 6.01 Å². The number of aromatic hydroxyl groups is 1. The minimum absolute atomic E-state index is 0.0206. The third-order valence-corrected chi connectivity index (χ3v) is 10.7. The monoisotopic (exact) mass is 643 g/mol. The molecule has 4 heterocycles. The van der Waals surface area contributed by atoms with Crippen LogP contribution in [0, 0.1) is 29.4 Å². The topological polar surface area (TPSA) is 73.8 Å². The van der Waals surface area contributed by atoms with Crippen LogP contribution in [0.3, 0.4) is 0 Å². The largest absolute Gasteiger partial charge is 0.508 e. The first-order valence-corrected chi connectivity index (χ1v) is 16.7. The van der Waals surface area contributed by atoms with Gasteiger partial charge in [-0.15, -0.1) is 6.42 Å². The van der Waals surface area contributed by atoms with Crippen molar-refractivity contribution in [2.75, 3.05) is 31.1 Å². The van der Waals surface area contributed by atoms with Crippen molar-refractivity contribution in [2.24, 2.45) is 5.41 Å². The van der Waals surface area contributed by atoms with Gasteiger partial charge in [0.25, 0.3) is 0 Å². The first-order valence-electron chi connectivity index (χ1n) is 16.7. The lowest BCUT2D eigenvalue weighted by Gasteiger charge is -2.34. The van der Waals surface area contributed by atoms with E-state index in [0.29, 0.717) is 47.2 Å². The lowest BCUT2D eigenvalue weighted by Crippen LogP contribution is -2.51. The smallest absolute Gasteiger partial charge is 0.319 e. The molecule has 242 valence electrons. The summed E-state index contributed by atoms with van der Waals surface area (Å²) in [6, 6.07) is 18.7. The summed E-state index contributed by atoms with van der Waals surface area (Å²) in [6.45, 7) is 4.50. The van der Waals surface area contributed by atoms with Gasteiger partial charge in [0, 0.05) is 72.1 Å². The molecule has 9 rings (SSSR count). The van der Waals surface area contributed by atoms with Crippen LogP contribution in [0.2, 0.25) is 0 Å². The normalized spacial score (nSPS) is 21.1. The van der Waals surface area contributed by atoms with E-state index in [4.69, 9.17) is 16.1 Å². The van der Waals surface area contributed by atoms with Gasteiger partial charge in [0.05, 0.1) is 12.2 Å². The molecule has 2 N–H and O–H groups in total. The highest BCUT2D eigenvalue weighted by Gasteiger charge is 2.46. The lowest BCUT2D eigenvalue weighted by molar-refractivity contribution is 0.154. The van der Waals surface area contributed by atoms with Crippen LogP contribution in [0.1, 0.15) is 42.4 Å². The van der Waals surface area contributed by atoms with Gasteiger partial charge in [-0.3, -0.25) is 4.90 Å². The highest BCUT2D eigenvalue weighted by Crippen LogP contribution is 2.48. The van der Waals surface area contributed by atoms with E-state index >= 15 is 8.78 Å². The lowest BCUT2D eigenvalue weighted by atomic mass is 9.93. The average molecular weight is 644 g/mol. The van der Waals surface area contributed by atoms with Crippen LogP contribution in [0.5, 0.6) is 11.8 Å². The SMILES string of the molecule is C#Cc1cccc2cc(O)cc(-c3c(F)cc4c(N5CC6CCC(C5)N6)nc(OCC5(CN6Cc7ccccc7C6)CC5)nc4c3F)c12. The van der Waals surface area contributed by atoms with Crippen molar-refractivity contribution in [2.45, 2.75) is 50.9 Å². The average Bonchev–Trinajstić information content (AvgIpc) is 3.59. The van der Waals surface area contributed by atoms with E-state index < -0.39 is 11.6 Å². The third kappa shape index (κ3) is 5.02. The Hall–Kier alpha value is -4.78. The van der Waals surface area contributed by atoms with Gasteiger partial charge < -0.3 is 20.1 Å². The van der Waals surface area contributed by atoms with E-state index in [1.54, 1.807) is 18.2 Å². The standard InChI is InChI=1S/C39H35F2N5O2/c1-2-23-8-5-9-24-14-29(47)15-30(33(23)24)34-32(40)16-31-36(35(34)41)43-38(44-37(31)46-19-27-10-11-28(20-46)42-27)48-22-39(12-13-39)21-45-17-25-6-3-4-7-26(25)18-45/h1,3-9,14-16,27-28,42,47H,10-13,17-22H2. The number of anilines is 1. The zero-order valence-electron chi connectivity index (χ0n) is 26.5. The summed E-state index contributed by atoms with van der Waals surface area (Å²) in [6.07, 6.45) is 9.98. The van der Waals surface area contributed by atoms with Gasteiger partial charge in [-0.2, -0.15) is 9.97 Å². The number of phenols is 1. The molecule has 2 unspecified atom stereocenters. The molecule has 3 aliphatic heterocycles. The first kappa shape index (κ1) is 29.4. The second-order valence-electron chi connectivity index (χ2n) is 14.1. The quantitative estimate of drug-likeness (QED) is 0.196. The van der Waals surface area contributed by atoms with Crippen LogP contribution in [0.15, 0.2) is 60.7 Å². The van der Waals surface area contributed by atoms with Gasteiger partial charge in [0.15, 0.2) is 5.82 Å². The van der Waals surface area contributed by atoms with Gasteiger partial charge in [0.1, 0.15) is 22.9 Å². The maximum Gasteiger partial charge on any atom is 0.319 e. The van der Waals surface area contributed by atoms with Gasteiger partial charge in [-0.05, 0) is 66.5 Å². The Labute approximate surface area is 277 Å². The number of phenolic OH excluding ortho intramolecular Hbond substituents is 1. The minimum Gasteiger partial charge on any atom is -0.508 e. The van der Waals surface area contributed by atoms with E-state index in [0.717, 1.165) is 45.3 Å². The molecular formula is C39H35F2N5O2. The molecule has 5 aromatic rings. The summed E-state index contributed by atoms with van der Waals surface area (Å²) < 4.78 is 39.6. The van der Waals surface area contributed by atoms with Crippen LogP contribution in [0.4, 0.5) is 14.6 Å². The number of ether oxygens (including phenoxy) is 1. The Kier molecular flexibility index (Phi) is 6.82. The summed E-state index contributed by atoms with van der Waals surface area (Å²) in [5.41, 5.74) is 3.04. The van der Waals surface area contributed by atoms with Crippen molar-refractivity contribution in [3.63, 3.8) is 0 Å². The fourth-order valence-corrected chi connectivity index (χ4v) is 8.14. The Bertz CT molecular complexity index is 2120. The van der Waals surface area contributed by atoms with Crippen LogP contribution in [-0.2, 0) is 13.1 Å². The maximum atomic E-state index is 16.9. The van der Waals surface area contributed by atoms with Crippen molar-refractivity contribution in [3.05, 3.63) is 89.0 Å². The fraction of sp³-hybridized carbons (Fsp3) is 0.333. The molecule has 0 spiro atoms. The van der Waals surface area contributed by atoms with E-state index in [1.807, 2.05) is 0 Å². The van der Waals surface area contributed by atoms with E-state index in [-0.39, 0.29) is 45.9 Å². The molecule has 2 saturated heterocycles. The van der Waals surface area contributed by atoms with E-state index in [9.17, 15) is 5.11 Å². The van der Waals surface area contributed by atoms with Crippen LogP contribution < -0.4 is 15.0 Å². The van der Waals surface area contributed by atoms with Crippen molar-refractivity contribution >= 4 is 27.5 Å². The Morgan fingerprint density at radius 2 is 1.73 bits per heavy atom. The summed E-state index contributed by atoms with van der Waals surface area (Å²) in [5.74, 6) is 1.36. The molecule has 1 saturated carbocycles. The molecule has 48 heavy (non-hydrogen) atoms. The molecule has 7 nitrogen and oxygen atoms in total. The second-order valence-corrected chi connectivity index (χ2v) is 14.1. The van der Waals surface area contributed by atoms with Crippen molar-refractivity contribution in [1.82, 2.24) is 20.2 Å².